The zero-order chi connectivity index (χ0) is 13.8. The highest BCUT2D eigenvalue weighted by Gasteiger charge is 2.36. The van der Waals surface area contributed by atoms with E-state index in [0.717, 1.165) is 38.6 Å². The van der Waals surface area contributed by atoms with Crippen LogP contribution < -0.4 is 5.32 Å². The van der Waals surface area contributed by atoms with Gasteiger partial charge in [0.1, 0.15) is 0 Å². The van der Waals surface area contributed by atoms with Crippen LogP contribution in [0.15, 0.2) is 0 Å². The highest BCUT2D eigenvalue weighted by molar-refractivity contribution is 5.83. The topological polar surface area (TPSA) is 69.6 Å². The van der Waals surface area contributed by atoms with E-state index < -0.39 is 0 Å². The van der Waals surface area contributed by atoms with Crippen LogP contribution in [0.2, 0.25) is 0 Å². The molecular formula is C14H24N2O3. The summed E-state index contributed by atoms with van der Waals surface area (Å²) in [6.07, 6.45) is 4.47. The van der Waals surface area contributed by atoms with Gasteiger partial charge < -0.3 is 15.3 Å². The highest BCUT2D eigenvalue weighted by atomic mass is 16.3. The van der Waals surface area contributed by atoms with E-state index in [9.17, 15) is 9.59 Å². The number of nitrogens with one attached hydrogen (secondary N) is 1. The van der Waals surface area contributed by atoms with Crippen LogP contribution in [0.3, 0.4) is 0 Å². The number of piperidine rings is 1. The van der Waals surface area contributed by atoms with Gasteiger partial charge in [0.25, 0.3) is 0 Å². The summed E-state index contributed by atoms with van der Waals surface area (Å²) in [4.78, 5) is 26.0. The van der Waals surface area contributed by atoms with Crippen LogP contribution in [0.4, 0.5) is 0 Å². The molecule has 2 rings (SSSR count). The van der Waals surface area contributed by atoms with Gasteiger partial charge in [-0.2, -0.15) is 0 Å². The Hall–Kier alpha value is -1.10. The van der Waals surface area contributed by atoms with Crippen LogP contribution in [-0.2, 0) is 9.59 Å². The van der Waals surface area contributed by atoms with E-state index in [4.69, 9.17) is 5.11 Å². The Morgan fingerprint density at radius 2 is 2.05 bits per heavy atom. The average Bonchev–Trinajstić information content (AvgIpc) is 3.28. The first-order chi connectivity index (χ1) is 9.15. The Labute approximate surface area is 114 Å². The molecule has 2 N–H and O–H groups in total. The first-order valence-electron chi connectivity index (χ1n) is 7.35. The maximum atomic E-state index is 12.1. The van der Waals surface area contributed by atoms with Gasteiger partial charge in [0, 0.05) is 19.0 Å². The van der Waals surface area contributed by atoms with Crippen molar-refractivity contribution in [1.29, 1.82) is 0 Å². The fourth-order valence-electron chi connectivity index (χ4n) is 2.58. The second-order valence-corrected chi connectivity index (χ2v) is 5.69. The molecule has 1 saturated heterocycles. The average molecular weight is 268 g/mol. The normalized spacial score (nSPS) is 24.9. The van der Waals surface area contributed by atoms with E-state index in [2.05, 4.69) is 5.32 Å². The van der Waals surface area contributed by atoms with Gasteiger partial charge in [-0.1, -0.05) is 6.92 Å². The molecule has 108 valence electrons. The molecule has 19 heavy (non-hydrogen) atoms. The van der Waals surface area contributed by atoms with Gasteiger partial charge >= 0.3 is 0 Å². The first kappa shape index (κ1) is 14.3. The fraction of sp³-hybridized carbons (Fsp3) is 0.857. The fourth-order valence-corrected chi connectivity index (χ4v) is 2.58. The molecule has 2 aliphatic rings. The third-order valence-corrected chi connectivity index (χ3v) is 4.09. The number of carbonyl (C=O) groups excluding carboxylic acids is 2. The van der Waals surface area contributed by atoms with E-state index in [0.29, 0.717) is 6.54 Å². The number of rotatable bonds is 5. The van der Waals surface area contributed by atoms with Crippen LogP contribution in [0.5, 0.6) is 0 Å². The highest BCUT2D eigenvalue weighted by Crippen LogP contribution is 2.32. The minimum atomic E-state index is -0.165. The Morgan fingerprint density at radius 3 is 2.63 bits per heavy atom. The minimum Gasteiger partial charge on any atom is -0.394 e. The Kier molecular flexibility index (Phi) is 4.80. The van der Waals surface area contributed by atoms with E-state index in [1.807, 2.05) is 11.8 Å². The van der Waals surface area contributed by atoms with E-state index >= 15 is 0 Å². The summed E-state index contributed by atoms with van der Waals surface area (Å²) in [5.74, 6) is 0.320. The van der Waals surface area contributed by atoms with E-state index in [1.54, 1.807) is 0 Å². The number of aliphatic hydroxyl groups is 1. The van der Waals surface area contributed by atoms with Crippen molar-refractivity contribution in [3.63, 3.8) is 0 Å². The van der Waals surface area contributed by atoms with Gasteiger partial charge in [0.2, 0.25) is 11.8 Å². The molecule has 0 aromatic carbocycles. The molecule has 0 bridgehead atoms. The van der Waals surface area contributed by atoms with Crippen molar-refractivity contribution in [2.24, 2.45) is 11.8 Å². The predicted molar refractivity (Wildman–Crippen MR) is 71.3 cm³/mol. The summed E-state index contributed by atoms with van der Waals surface area (Å²) in [6, 6.07) is -0.165. The molecule has 1 unspecified atom stereocenters. The molecule has 0 aromatic heterocycles. The SMILES string of the molecule is CC[C@@H](CO)NC(=O)C1CCCN(C(=O)C2CC2)C1. The molecule has 0 radical (unpaired) electrons. The number of carbonyl (C=O) groups is 2. The lowest BCUT2D eigenvalue weighted by Gasteiger charge is -2.32. The maximum absolute atomic E-state index is 12.1. The molecule has 5 heteroatoms. The quantitative estimate of drug-likeness (QED) is 0.764. The molecule has 0 aromatic rings. The Balaban J connectivity index is 1.85. The number of hydrogen-bond donors (Lipinski definition) is 2. The van der Waals surface area contributed by atoms with Crippen molar-refractivity contribution < 1.29 is 14.7 Å². The third-order valence-electron chi connectivity index (χ3n) is 4.09. The van der Waals surface area contributed by atoms with E-state index in [1.165, 1.54) is 0 Å². The van der Waals surface area contributed by atoms with Gasteiger partial charge in [0.15, 0.2) is 0 Å². The Morgan fingerprint density at radius 1 is 1.32 bits per heavy atom. The zero-order valence-corrected chi connectivity index (χ0v) is 11.6. The molecule has 0 spiro atoms. The van der Waals surface area contributed by atoms with Crippen LogP contribution in [0, 0.1) is 11.8 Å². The van der Waals surface area contributed by atoms with E-state index in [-0.39, 0.29) is 36.3 Å². The molecule has 1 heterocycles. The zero-order valence-electron chi connectivity index (χ0n) is 11.6. The Bertz CT molecular complexity index is 338. The summed E-state index contributed by atoms with van der Waals surface area (Å²) in [5.41, 5.74) is 0. The van der Waals surface area contributed by atoms with Crippen LogP contribution >= 0.6 is 0 Å². The second-order valence-electron chi connectivity index (χ2n) is 5.69. The number of amides is 2. The monoisotopic (exact) mass is 268 g/mol. The summed E-state index contributed by atoms with van der Waals surface area (Å²) in [5, 5.41) is 12.0. The number of likely N-dealkylation sites (tertiary alicyclic amines) is 1. The van der Waals surface area contributed by atoms with Crippen LogP contribution in [0.1, 0.15) is 39.0 Å². The van der Waals surface area contributed by atoms with Gasteiger partial charge in [-0.15, -0.1) is 0 Å². The smallest absolute Gasteiger partial charge is 0.225 e. The lowest BCUT2D eigenvalue weighted by molar-refractivity contribution is -0.137. The minimum absolute atomic E-state index is 0.0193. The molecular weight excluding hydrogens is 244 g/mol. The second kappa shape index (κ2) is 6.37. The first-order valence-corrected chi connectivity index (χ1v) is 7.35. The van der Waals surface area contributed by atoms with Crippen molar-refractivity contribution in [3.8, 4) is 0 Å². The summed E-state index contributed by atoms with van der Waals surface area (Å²) < 4.78 is 0. The summed E-state index contributed by atoms with van der Waals surface area (Å²) in [7, 11) is 0. The summed E-state index contributed by atoms with van der Waals surface area (Å²) >= 11 is 0. The van der Waals surface area contributed by atoms with Gasteiger partial charge in [-0.05, 0) is 32.1 Å². The van der Waals surface area contributed by atoms with Gasteiger partial charge in [-0.3, -0.25) is 9.59 Å². The van der Waals surface area contributed by atoms with Crippen molar-refractivity contribution in [3.05, 3.63) is 0 Å². The lowest BCUT2D eigenvalue weighted by Crippen LogP contribution is -2.48. The maximum Gasteiger partial charge on any atom is 0.225 e. The predicted octanol–water partition coefficient (Wildman–Crippen LogP) is 0.522. The van der Waals surface area contributed by atoms with Crippen molar-refractivity contribution in [1.82, 2.24) is 10.2 Å². The van der Waals surface area contributed by atoms with Crippen LogP contribution in [0.25, 0.3) is 0 Å². The lowest BCUT2D eigenvalue weighted by atomic mass is 9.96. The molecule has 2 atom stereocenters. The number of hydrogen-bond acceptors (Lipinski definition) is 3. The molecule has 5 nitrogen and oxygen atoms in total. The van der Waals surface area contributed by atoms with Gasteiger partial charge in [-0.25, -0.2) is 0 Å². The third kappa shape index (κ3) is 3.69. The van der Waals surface area contributed by atoms with Crippen molar-refractivity contribution in [2.45, 2.75) is 45.1 Å². The molecule has 1 aliphatic carbocycles. The van der Waals surface area contributed by atoms with Gasteiger partial charge in [0.05, 0.1) is 18.6 Å². The van der Waals surface area contributed by atoms with Crippen molar-refractivity contribution >= 4 is 11.8 Å². The molecule has 2 amide bonds. The number of aliphatic hydroxyl groups excluding tert-OH is 1. The standard InChI is InChI=1S/C14H24N2O3/c1-2-12(9-17)15-13(18)11-4-3-7-16(8-11)14(19)10-5-6-10/h10-12,17H,2-9H2,1H3,(H,15,18)/t11?,12-/m0/s1. The molecule has 1 saturated carbocycles. The number of nitrogens with zero attached hydrogens (tertiary/aromatic N) is 1. The largest absolute Gasteiger partial charge is 0.394 e. The summed E-state index contributed by atoms with van der Waals surface area (Å²) in [6.45, 7) is 3.24. The van der Waals surface area contributed by atoms with Crippen molar-refractivity contribution in [2.75, 3.05) is 19.7 Å². The van der Waals surface area contributed by atoms with Crippen LogP contribution in [-0.4, -0.2) is 47.6 Å². The molecule has 2 fully saturated rings. The molecule has 1 aliphatic heterocycles.